The predicted molar refractivity (Wildman–Crippen MR) is 187 cm³/mol. The average Bonchev–Trinajstić information content (AvgIpc) is 3.49. The molecular weight excluding hydrogens is 629 g/mol. The summed E-state index contributed by atoms with van der Waals surface area (Å²) in [5.74, 6) is 2.77. The molecule has 2 saturated heterocycles. The van der Waals surface area contributed by atoms with E-state index in [0.29, 0.717) is 35.2 Å². The van der Waals surface area contributed by atoms with Crippen LogP contribution in [0.5, 0.6) is 0 Å². The van der Waals surface area contributed by atoms with Gasteiger partial charge in [0, 0.05) is 24.9 Å². The number of thiocarbonyl (C=S) groups is 6. The number of nitrogens with zero attached hydrogens (tertiary/aromatic N) is 2. The van der Waals surface area contributed by atoms with Crippen molar-refractivity contribution in [3.05, 3.63) is 22.0 Å². The van der Waals surface area contributed by atoms with Gasteiger partial charge in [-0.1, -0.05) is 48.9 Å². The van der Waals surface area contributed by atoms with Gasteiger partial charge in [0.05, 0.1) is 21.1 Å². The molecular formula is C24H32N6S8. The zero-order valence-corrected chi connectivity index (χ0v) is 28.2. The van der Waals surface area contributed by atoms with Crippen LogP contribution in [-0.2, 0) is 0 Å². The van der Waals surface area contributed by atoms with Crippen molar-refractivity contribution < 1.29 is 0 Å². The van der Waals surface area contributed by atoms with E-state index in [2.05, 4.69) is 71.1 Å². The van der Waals surface area contributed by atoms with E-state index in [1.165, 1.54) is 9.81 Å². The van der Waals surface area contributed by atoms with E-state index in [0.717, 1.165) is 44.3 Å². The molecule has 4 N–H and O–H groups in total. The minimum Gasteiger partial charge on any atom is -0.359 e. The highest BCUT2D eigenvalue weighted by Crippen LogP contribution is 2.43. The normalized spacial score (nSPS) is 23.5. The molecule has 2 atom stereocenters. The first-order valence-corrected chi connectivity index (χ1v) is 16.8. The minimum absolute atomic E-state index is 0.296. The van der Waals surface area contributed by atoms with Gasteiger partial charge in [-0.25, -0.2) is 0 Å². The Labute approximate surface area is 266 Å². The number of hydrogen-bond acceptors (Lipinski definition) is 8. The van der Waals surface area contributed by atoms with Crippen LogP contribution < -0.4 is 21.5 Å². The van der Waals surface area contributed by atoms with Crippen molar-refractivity contribution in [2.24, 2.45) is 11.8 Å². The van der Waals surface area contributed by atoms with Gasteiger partial charge in [-0.2, -0.15) is 0 Å². The van der Waals surface area contributed by atoms with Gasteiger partial charge in [0.1, 0.15) is 9.98 Å². The first-order chi connectivity index (χ1) is 17.8. The number of hydrazine groups is 1. The Kier molecular flexibility index (Phi) is 9.76. The monoisotopic (exact) mass is 660 g/mol. The largest absolute Gasteiger partial charge is 0.359 e. The molecule has 4 aliphatic rings. The zero-order chi connectivity index (χ0) is 27.8. The van der Waals surface area contributed by atoms with Crippen LogP contribution in [0.15, 0.2) is 22.0 Å². The average molecular weight is 661 g/mol. The van der Waals surface area contributed by atoms with E-state index in [1.807, 2.05) is 23.5 Å². The first-order valence-electron chi connectivity index (χ1n) is 12.3. The van der Waals surface area contributed by atoms with Gasteiger partial charge in [-0.3, -0.25) is 10.9 Å². The molecule has 0 radical (unpaired) electrons. The third kappa shape index (κ3) is 6.53. The van der Waals surface area contributed by atoms with Gasteiger partial charge in [0.2, 0.25) is 0 Å². The van der Waals surface area contributed by atoms with E-state index in [-0.39, 0.29) is 11.1 Å². The second-order valence-corrected chi connectivity index (χ2v) is 15.6. The van der Waals surface area contributed by atoms with Crippen LogP contribution in [0.2, 0.25) is 0 Å². The van der Waals surface area contributed by atoms with Crippen molar-refractivity contribution in [2.45, 2.75) is 51.6 Å². The van der Waals surface area contributed by atoms with Gasteiger partial charge < -0.3 is 20.4 Å². The molecule has 206 valence electrons. The molecule has 2 fully saturated rings. The number of fused-ring (bicyclic) bond motifs is 2. The van der Waals surface area contributed by atoms with E-state index >= 15 is 0 Å². The van der Waals surface area contributed by atoms with Gasteiger partial charge >= 0.3 is 0 Å². The Morgan fingerprint density at radius 3 is 1.50 bits per heavy atom. The molecule has 4 rings (SSSR count). The van der Waals surface area contributed by atoms with E-state index in [1.54, 1.807) is 0 Å². The van der Waals surface area contributed by atoms with Crippen LogP contribution in [0.25, 0.3) is 0 Å². The van der Waals surface area contributed by atoms with Crippen LogP contribution in [0.1, 0.15) is 40.5 Å². The van der Waals surface area contributed by atoms with Crippen molar-refractivity contribution in [3.8, 4) is 0 Å². The molecule has 0 amide bonds. The molecule has 0 aromatic rings. The van der Waals surface area contributed by atoms with Gasteiger partial charge in [-0.15, -0.1) is 23.5 Å². The quantitative estimate of drug-likeness (QED) is 0.237. The third-order valence-electron chi connectivity index (χ3n) is 6.91. The molecule has 38 heavy (non-hydrogen) atoms. The maximum atomic E-state index is 5.84. The smallest absolute Gasteiger partial charge is 0.185 e. The first kappa shape index (κ1) is 30.5. The summed E-state index contributed by atoms with van der Waals surface area (Å²) >= 11 is 37.8. The maximum absolute atomic E-state index is 5.84. The zero-order valence-electron chi connectivity index (χ0n) is 21.7. The van der Waals surface area contributed by atoms with E-state index in [4.69, 9.17) is 73.3 Å². The Bertz CT molecular complexity index is 1050. The molecule has 2 unspecified atom stereocenters. The molecule has 0 saturated carbocycles. The lowest BCUT2D eigenvalue weighted by molar-refractivity contribution is 0.305. The van der Waals surface area contributed by atoms with Crippen molar-refractivity contribution in [3.63, 3.8) is 0 Å². The molecule has 14 heteroatoms. The molecule has 0 aromatic carbocycles. The lowest BCUT2D eigenvalue weighted by Gasteiger charge is -2.44. The number of hydrogen-bond donors (Lipinski definition) is 4. The van der Waals surface area contributed by atoms with Crippen LogP contribution in [-0.4, -0.2) is 75.7 Å². The fourth-order valence-corrected chi connectivity index (χ4v) is 10.1. The lowest BCUT2D eigenvalue weighted by atomic mass is 9.95. The summed E-state index contributed by atoms with van der Waals surface area (Å²) in [6, 6.07) is 0. The summed E-state index contributed by atoms with van der Waals surface area (Å²) in [7, 11) is 0. The topological polar surface area (TPSA) is 54.6 Å². The summed E-state index contributed by atoms with van der Waals surface area (Å²) in [4.78, 5) is 10.1. The molecule has 0 spiro atoms. The van der Waals surface area contributed by atoms with Crippen LogP contribution in [0.4, 0.5) is 0 Å². The molecule has 0 aromatic heterocycles. The summed E-state index contributed by atoms with van der Waals surface area (Å²) in [5, 5.41) is 7.39. The predicted octanol–water partition coefficient (Wildman–Crippen LogP) is 4.60. The highest BCUT2D eigenvalue weighted by Gasteiger charge is 2.42. The number of thioether (sulfide) groups is 2. The van der Waals surface area contributed by atoms with Crippen LogP contribution in [0.3, 0.4) is 0 Å². The maximum Gasteiger partial charge on any atom is 0.185 e. The fraction of sp³-hybridized carbons (Fsp3) is 0.583. The van der Waals surface area contributed by atoms with Crippen molar-refractivity contribution in [2.75, 3.05) is 24.6 Å². The second kappa shape index (κ2) is 12.2. The third-order valence-corrected chi connectivity index (χ3v) is 11.3. The Balaban J connectivity index is 1.23. The molecule has 4 aliphatic heterocycles. The van der Waals surface area contributed by atoms with Crippen LogP contribution >= 0.6 is 96.8 Å². The lowest BCUT2D eigenvalue weighted by Crippen LogP contribution is -2.61. The minimum atomic E-state index is -0.352. The molecule has 0 aliphatic carbocycles. The Morgan fingerprint density at radius 2 is 1.13 bits per heavy atom. The summed E-state index contributed by atoms with van der Waals surface area (Å²) < 4.78 is 0. The van der Waals surface area contributed by atoms with Crippen LogP contribution in [0, 0.1) is 11.8 Å². The summed E-state index contributed by atoms with van der Waals surface area (Å²) in [6.07, 6.45) is 6.33. The Morgan fingerprint density at radius 1 is 0.763 bits per heavy atom. The number of nitrogens with one attached hydrogen (secondary N) is 4. The summed E-state index contributed by atoms with van der Waals surface area (Å²) in [5.41, 5.74) is 5.24. The highest BCUT2D eigenvalue weighted by molar-refractivity contribution is 8.03. The van der Waals surface area contributed by atoms with Gasteiger partial charge in [0.25, 0.3) is 0 Å². The Hall–Kier alpha value is -0.480. The van der Waals surface area contributed by atoms with Crippen molar-refractivity contribution >= 4 is 127 Å². The van der Waals surface area contributed by atoms with E-state index in [9.17, 15) is 0 Å². The summed E-state index contributed by atoms with van der Waals surface area (Å²) in [6.45, 7) is 9.55. The standard InChI is InChI=1S/C24H32N6S8/c1-23(2,29-17(31)9-15-13(19(29)33)5-7-37-15)11-25-21(35)27-28-22(36)26-12-24(3,4)30-18(32)10-16-14(20(30)34)6-8-38-16/h9-10,13-14H,5-8,11-12H2,1-4H3,(H2,25,27,35)(H2,26,28,36). The second-order valence-electron chi connectivity index (χ2n) is 10.7. The SMILES string of the molecule is CC(C)(CNC(=S)NNC(=S)NCC(C)(C)N1C(=S)C=C2SCCC2C1=S)N1C(=S)C=C2SCCC2C1=S. The number of rotatable bonds is 6. The fourth-order valence-electron chi connectivity index (χ4n) is 4.90. The molecule has 0 bridgehead atoms. The van der Waals surface area contributed by atoms with Crippen molar-refractivity contribution in [1.29, 1.82) is 0 Å². The molecule has 6 nitrogen and oxygen atoms in total. The van der Waals surface area contributed by atoms with Crippen molar-refractivity contribution in [1.82, 2.24) is 31.3 Å². The van der Waals surface area contributed by atoms with Gasteiger partial charge in [-0.05, 0) is 98.4 Å². The van der Waals surface area contributed by atoms with Gasteiger partial charge in [0.15, 0.2) is 10.2 Å². The van der Waals surface area contributed by atoms with E-state index < -0.39 is 0 Å². The highest BCUT2D eigenvalue weighted by atomic mass is 32.2. The molecule has 4 heterocycles.